The molecular formula is C17H15N5S. The summed E-state index contributed by atoms with van der Waals surface area (Å²) in [6, 6.07) is 7.99. The van der Waals surface area contributed by atoms with Gasteiger partial charge >= 0.3 is 0 Å². The lowest BCUT2D eigenvalue weighted by Gasteiger charge is -2.18. The Morgan fingerprint density at radius 1 is 1.22 bits per heavy atom. The zero-order valence-electron chi connectivity index (χ0n) is 12.7. The fourth-order valence-electron chi connectivity index (χ4n) is 3.44. The van der Waals surface area contributed by atoms with Crippen LogP contribution in [-0.2, 0) is 12.8 Å². The fourth-order valence-corrected chi connectivity index (χ4v) is 4.79. The fraction of sp³-hybridized carbons (Fsp3) is 0.294. The third kappa shape index (κ3) is 1.91. The van der Waals surface area contributed by atoms with Crippen LogP contribution in [0.1, 0.15) is 23.8 Å². The summed E-state index contributed by atoms with van der Waals surface area (Å²) in [5.74, 6) is 1.61. The summed E-state index contributed by atoms with van der Waals surface area (Å²) in [6.07, 6.45) is 5.11. The van der Waals surface area contributed by atoms with Crippen molar-refractivity contribution in [1.29, 1.82) is 0 Å². The van der Waals surface area contributed by atoms with Gasteiger partial charge in [-0.1, -0.05) is 24.3 Å². The van der Waals surface area contributed by atoms with E-state index in [1.807, 2.05) is 40.3 Å². The van der Waals surface area contributed by atoms with Crippen molar-refractivity contribution < 1.29 is 0 Å². The number of para-hydroxylation sites is 1. The zero-order valence-corrected chi connectivity index (χ0v) is 13.5. The Balaban J connectivity index is 1.82. The third-order valence-corrected chi connectivity index (χ3v) is 5.79. The molecule has 0 radical (unpaired) electrons. The van der Waals surface area contributed by atoms with Crippen LogP contribution in [0, 0.1) is 5.92 Å². The molecule has 6 heteroatoms. The van der Waals surface area contributed by atoms with E-state index in [0.717, 1.165) is 45.8 Å². The summed E-state index contributed by atoms with van der Waals surface area (Å²) < 4.78 is 1.85. The molecular weight excluding hydrogens is 306 g/mol. The second-order valence-corrected chi connectivity index (χ2v) is 7.30. The van der Waals surface area contributed by atoms with Gasteiger partial charge in [-0.2, -0.15) is 4.68 Å². The van der Waals surface area contributed by atoms with Crippen molar-refractivity contribution in [2.24, 2.45) is 5.92 Å². The van der Waals surface area contributed by atoms with Crippen LogP contribution in [-0.4, -0.2) is 25.0 Å². The first-order valence-electron chi connectivity index (χ1n) is 7.87. The van der Waals surface area contributed by atoms with E-state index in [-0.39, 0.29) is 0 Å². The van der Waals surface area contributed by atoms with Gasteiger partial charge in [0, 0.05) is 4.88 Å². The lowest BCUT2D eigenvalue weighted by molar-refractivity contribution is 0.509. The Bertz CT molecular complexity index is 1030. The Hall–Kier alpha value is -2.34. The van der Waals surface area contributed by atoms with Crippen LogP contribution >= 0.6 is 11.3 Å². The topological polar surface area (TPSA) is 56.5 Å². The van der Waals surface area contributed by atoms with E-state index >= 15 is 0 Å². The second-order valence-electron chi connectivity index (χ2n) is 6.22. The Morgan fingerprint density at radius 3 is 3.09 bits per heavy atom. The molecule has 0 aliphatic heterocycles. The van der Waals surface area contributed by atoms with Crippen LogP contribution in [0.3, 0.4) is 0 Å². The minimum absolute atomic E-state index is 0.749. The smallest absolute Gasteiger partial charge is 0.168 e. The predicted octanol–water partition coefficient (Wildman–Crippen LogP) is 3.55. The minimum atomic E-state index is 0.749. The number of aromatic nitrogens is 5. The minimum Gasteiger partial charge on any atom is -0.225 e. The van der Waals surface area contributed by atoms with Crippen molar-refractivity contribution in [2.45, 2.75) is 26.2 Å². The molecule has 5 rings (SSSR count). The number of rotatable bonds is 1. The number of hydrogen-bond donors (Lipinski definition) is 0. The molecule has 23 heavy (non-hydrogen) atoms. The van der Waals surface area contributed by atoms with Crippen molar-refractivity contribution in [1.82, 2.24) is 25.0 Å². The molecule has 4 aromatic rings. The maximum absolute atomic E-state index is 4.55. The summed E-state index contributed by atoms with van der Waals surface area (Å²) in [4.78, 5) is 11.6. The van der Waals surface area contributed by atoms with Crippen molar-refractivity contribution in [3.8, 4) is 5.82 Å². The van der Waals surface area contributed by atoms with E-state index in [0.29, 0.717) is 0 Å². The molecule has 1 aromatic carbocycles. The van der Waals surface area contributed by atoms with Gasteiger partial charge in [-0.3, -0.25) is 0 Å². The maximum atomic E-state index is 4.55. The Labute approximate surface area is 137 Å². The molecule has 5 nitrogen and oxygen atoms in total. The molecule has 0 bridgehead atoms. The molecule has 3 heterocycles. The van der Waals surface area contributed by atoms with Gasteiger partial charge in [-0.15, -0.1) is 16.4 Å². The monoisotopic (exact) mass is 321 g/mol. The average molecular weight is 321 g/mol. The predicted molar refractivity (Wildman–Crippen MR) is 91.0 cm³/mol. The largest absolute Gasteiger partial charge is 0.225 e. The number of fused-ring (bicyclic) bond motifs is 4. The highest BCUT2D eigenvalue weighted by atomic mass is 32.1. The summed E-state index contributed by atoms with van der Waals surface area (Å²) in [7, 11) is 0. The zero-order chi connectivity index (χ0) is 15.4. The van der Waals surface area contributed by atoms with E-state index in [2.05, 4.69) is 27.2 Å². The number of thiophene rings is 1. The van der Waals surface area contributed by atoms with E-state index < -0.39 is 0 Å². The van der Waals surface area contributed by atoms with E-state index in [1.54, 1.807) is 6.33 Å². The van der Waals surface area contributed by atoms with Crippen LogP contribution in [0.15, 0.2) is 30.6 Å². The molecule has 0 N–H and O–H groups in total. The van der Waals surface area contributed by atoms with E-state index in [9.17, 15) is 0 Å². The number of benzene rings is 1. The van der Waals surface area contributed by atoms with Crippen LogP contribution in [0.5, 0.6) is 0 Å². The Kier molecular flexibility index (Phi) is 2.76. The molecule has 0 amide bonds. The van der Waals surface area contributed by atoms with Crippen molar-refractivity contribution in [2.75, 3.05) is 0 Å². The molecule has 1 atom stereocenters. The van der Waals surface area contributed by atoms with Crippen molar-refractivity contribution in [3.63, 3.8) is 0 Å². The van der Waals surface area contributed by atoms with E-state index in [4.69, 9.17) is 0 Å². The summed E-state index contributed by atoms with van der Waals surface area (Å²) >= 11 is 1.81. The SMILES string of the molecule is C[C@H]1CCc2c(sc3ncnc(-n4nnc5ccccc54)c23)C1. The molecule has 0 saturated carbocycles. The lowest BCUT2D eigenvalue weighted by Crippen LogP contribution is -2.09. The number of hydrogen-bond acceptors (Lipinski definition) is 5. The number of aryl methyl sites for hydroxylation is 1. The third-order valence-electron chi connectivity index (χ3n) is 4.62. The molecule has 1 aliphatic rings. The van der Waals surface area contributed by atoms with Crippen molar-refractivity contribution >= 4 is 32.6 Å². The quantitative estimate of drug-likeness (QED) is 0.538. The highest BCUT2D eigenvalue weighted by Gasteiger charge is 2.24. The Morgan fingerprint density at radius 2 is 2.13 bits per heavy atom. The van der Waals surface area contributed by atoms with Crippen LogP contribution < -0.4 is 0 Å². The van der Waals surface area contributed by atoms with Crippen LogP contribution in [0.4, 0.5) is 0 Å². The van der Waals surface area contributed by atoms with Gasteiger partial charge in [-0.05, 0) is 42.9 Å². The summed E-state index contributed by atoms with van der Waals surface area (Å²) in [5.41, 5.74) is 3.28. The molecule has 114 valence electrons. The lowest BCUT2D eigenvalue weighted by atomic mass is 9.89. The molecule has 0 spiro atoms. The summed E-state index contributed by atoms with van der Waals surface area (Å²) in [6.45, 7) is 2.32. The van der Waals surface area contributed by atoms with Gasteiger partial charge in [0.25, 0.3) is 0 Å². The van der Waals surface area contributed by atoms with Gasteiger partial charge in [0.2, 0.25) is 0 Å². The number of nitrogens with zero attached hydrogens (tertiary/aromatic N) is 5. The van der Waals surface area contributed by atoms with Crippen LogP contribution in [0.2, 0.25) is 0 Å². The van der Waals surface area contributed by atoms with Gasteiger partial charge < -0.3 is 0 Å². The summed E-state index contributed by atoms with van der Waals surface area (Å²) in [5, 5.41) is 9.77. The first-order chi connectivity index (χ1) is 11.3. The van der Waals surface area contributed by atoms with Gasteiger partial charge in [-0.25, -0.2) is 9.97 Å². The maximum Gasteiger partial charge on any atom is 0.168 e. The first kappa shape index (κ1) is 13.1. The highest BCUT2D eigenvalue weighted by Crippen LogP contribution is 2.39. The first-order valence-corrected chi connectivity index (χ1v) is 8.69. The van der Waals surface area contributed by atoms with Gasteiger partial charge in [0.15, 0.2) is 5.82 Å². The molecule has 0 fully saturated rings. The molecule has 3 aromatic heterocycles. The van der Waals surface area contributed by atoms with Crippen LogP contribution in [0.25, 0.3) is 27.1 Å². The second kappa shape index (κ2) is 4.83. The normalized spacial score (nSPS) is 17.7. The average Bonchev–Trinajstić information content (AvgIpc) is 3.15. The molecule has 1 aliphatic carbocycles. The standard InChI is InChI=1S/C17H15N5S/c1-10-6-7-11-14(8-10)23-17-15(11)16(18-9-19-17)22-13-5-3-2-4-12(13)20-21-22/h2-5,9-10H,6-8H2,1H3/t10-/m0/s1. The van der Waals surface area contributed by atoms with Crippen molar-refractivity contribution in [3.05, 3.63) is 41.0 Å². The van der Waals surface area contributed by atoms with Gasteiger partial charge in [0.1, 0.15) is 16.7 Å². The van der Waals surface area contributed by atoms with Gasteiger partial charge in [0.05, 0.1) is 10.9 Å². The van der Waals surface area contributed by atoms with E-state index in [1.165, 1.54) is 16.9 Å². The molecule has 0 unspecified atom stereocenters. The highest BCUT2D eigenvalue weighted by molar-refractivity contribution is 7.18. The molecule has 0 saturated heterocycles.